The maximum absolute atomic E-state index is 5.41. The summed E-state index contributed by atoms with van der Waals surface area (Å²) in [6.45, 7) is 4.69. The SMILES string of the molecule is CC1(C)c2ccc(-c3nc(-n4c5ccccc5c5cc6ccccc6cc54)nc4ccccc34)cc2-c2cc3ccccc3cc21. The van der Waals surface area contributed by atoms with Gasteiger partial charge in [0.25, 0.3) is 0 Å². The van der Waals surface area contributed by atoms with Crippen molar-refractivity contribution in [2.45, 2.75) is 19.3 Å². The van der Waals surface area contributed by atoms with Crippen LogP contribution in [0, 0.1) is 0 Å². The highest BCUT2D eigenvalue weighted by atomic mass is 15.2. The molecule has 3 heteroatoms. The minimum absolute atomic E-state index is 0.0854. The molecule has 2 aromatic heterocycles. The second-order valence-corrected chi connectivity index (χ2v) is 13.1. The van der Waals surface area contributed by atoms with Crippen LogP contribution in [-0.2, 0) is 5.41 Å². The first kappa shape index (κ1) is 25.5. The van der Waals surface area contributed by atoms with Gasteiger partial charge >= 0.3 is 0 Å². The Morgan fingerprint density at radius 3 is 1.91 bits per heavy atom. The van der Waals surface area contributed by atoms with Crippen molar-refractivity contribution in [3.63, 3.8) is 0 Å². The van der Waals surface area contributed by atoms with Crippen LogP contribution in [0.5, 0.6) is 0 Å². The number of rotatable bonds is 2. The summed E-state index contributed by atoms with van der Waals surface area (Å²) >= 11 is 0. The van der Waals surface area contributed by atoms with Gasteiger partial charge in [-0.05, 0) is 86.3 Å². The highest BCUT2D eigenvalue weighted by molar-refractivity contribution is 6.13. The Morgan fingerprint density at radius 2 is 1.11 bits per heavy atom. The highest BCUT2D eigenvalue weighted by Crippen LogP contribution is 2.51. The Balaban J connectivity index is 1.25. The molecule has 0 aliphatic heterocycles. The van der Waals surface area contributed by atoms with Crippen molar-refractivity contribution in [3.8, 4) is 28.3 Å². The van der Waals surface area contributed by atoms with Crippen molar-refractivity contribution in [1.29, 1.82) is 0 Å². The summed E-state index contributed by atoms with van der Waals surface area (Å²) in [6.07, 6.45) is 0. The largest absolute Gasteiger partial charge is 0.278 e. The number of benzene rings is 7. The van der Waals surface area contributed by atoms with Crippen LogP contribution < -0.4 is 0 Å². The first-order valence-electron chi connectivity index (χ1n) is 15.9. The average molecular weight is 588 g/mol. The van der Waals surface area contributed by atoms with Crippen molar-refractivity contribution < 1.29 is 0 Å². The van der Waals surface area contributed by atoms with E-state index in [0.29, 0.717) is 5.95 Å². The van der Waals surface area contributed by atoms with Gasteiger partial charge in [0.2, 0.25) is 5.95 Å². The second-order valence-electron chi connectivity index (χ2n) is 13.1. The third-order valence-electron chi connectivity index (χ3n) is 10.1. The van der Waals surface area contributed by atoms with Crippen molar-refractivity contribution in [3.05, 3.63) is 151 Å². The van der Waals surface area contributed by atoms with Gasteiger partial charge in [0, 0.05) is 27.1 Å². The maximum Gasteiger partial charge on any atom is 0.235 e. The molecule has 46 heavy (non-hydrogen) atoms. The molecule has 0 spiro atoms. The zero-order valence-electron chi connectivity index (χ0n) is 25.6. The zero-order valence-corrected chi connectivity index (χ0v) is 25.6. The van der Waals surface area contributed by atoms with E-state index >= 15 is 0 Å². The van der Waals surface area contributed by atoms with Crippen molar-refractivity contribution in [1.82, 2.24) is 14.5 Å². The van der Waals surface area contributed by atoms with Gasteiger partial charge in [0.15, 0.2) is 0 Å². The van der Waals surface area contributed by atoms with E-state index in [-0.39, 0.29) is 5.41 Å². The molecule has 0 unspecified atom stereocenters. The van der Waals surface area contributed by atoms with Crippen LogP contribution in [0.15, 0.2) is 140 Å². The zero-order chi connectivity index (χ0) is 30.6. The molecule has 0 amide bonds. The molecule has 216 valence electrons. The smallest absolute Gasteiger partial charge is 0.235 e. The van der Waals surface area contributed by atoms with Gasteiger partial charge < -0.3 is 0 Å². The summed E-state index contributed by atoms with van der Waals surface area (Å²) in [5.41, 5.74) is 10.4. The molecular weight excluding hydrogens is 558 g/mol. The van der Waals surface area contributed by atoms with E-state index in [1.54, 1.807) is 0 Å². The summed E-state index contributed by atoms with van der Waals surface area (Å²) in [5.74, 6) is 0.683. The highest BCUT2D eigenvalue weighted by Gasteiger charge is 2.36. The van der Waals surface area contributed by atoms with Crippen LogP contribution in [0.1, 0.15) is 25.0 Å². The van der Waals surface area contributed by atoms with E-state index < -0.39 is 0 Å². The summed E-state index contributed by atoms with van der Waals surface area (Å²) in [5, 5.41) is 8.44. The fourth-order valence-corrected chi connectivity index (χ4v) is 7.84. The minimum atomic E-state index is -0.0854. The van der Waals surface area contributed by atoms with Crippen LogP contribution in [0.2, 0.25) is 0 Å². The van der Waals surface area contributed by atoms with Gasteiger partial charge in [0.1, 0.15) is 0 Å². The first-order chi connectivity index (χ1) is 22.5. The summed E-state index contributed by atoms with van der Waals surface area (Å²) in [6, 6.07) is 50.5. The Labute approximate surface area is 266 Å². The number of hydrogen-bond acceptors (Lipinski definition) is 2. The Kier molecular flexibility index (Phi) is 5.06. The monoisotopic (exact) mass is 587 g/mol. The molecule has 0 saturated heterocycles. The van der Waals surface area contributed by atoms with Gasteiger partial charge in [-0.2, -0.15) is 0 Å². The molecule has 7 aromatic carbocycles. The average Bonchev–Trinajstić information content (AvgIpc) is 3.53. The van der Waals surface area contributed by atoms with E-state index in [2.05, 4.69) is 158 Å². The molecular formula is C43H29N3. The number of fused-ring (bicyclic) bond motifs is 9. The van der Waals surface area contributed by atoms with Crippen LogP contribution in [0.4, 0.5) is 0 Å². The summed E-state index contributed by atoms with van der Waals surface area (Å²) < 4.78 is 2.24. The van der Waals surface area contributed by atoms with E-state index in [1.165, 1.54) is 54.6 Å². The third-order valence-corrected chi connectivity index (χ3v) is 10.1. The lowest BCUT2D eigenvalue weighted by atomic mass is 9.81. The van der Waals surface area contributed by atoms with Crippen LogP contribution >= 0.6 is 0 Å². The number of aromatic nitrogens is 3. The predicted octanol–water partition coefficient (Wildman–Crippen LogP) is 11.0. The minimum Gasteiger partial charge on any atom is -0.278 e. The second kappa shape index (κ2) is 9.12. The van der Waals surface area contributed by atoms with Gasteiger partial charge in [-0.3, -0.25) is 4.57 Å². The van der Waals surface area contributed by atoms with E-state index in [1.807, 2.05) is 0 Å². The number of para-hydroxylation sites is 2. The van der Waals surface area contributed by atoms with Gasteiger partial charge in [0.05, 0.1) is 22.2 Å². The molecule has 0 fully saturated rings. The first-order valence-corrected chi connectivity index (χ1v) is 15.9. The van der Waals surface area contributed by atoms with Gasteiger partial charge in [-0.25, -0.2) is 9.97 Å². The molecule has 9 aromatic rings. The molecule has 0 atom stereocenters. The lowest BCUT2D eigenvalue weighted by Crippen LogP contribution is -2.14. The van der Waals surface area contributed by atoms with E-state index in [0.717, 1.165) is 33.2 Å². The molecule has 0 bridgehead atoms. The Morgan fingerprint density at radius 1 is 0.478 bits per heavy atom. The van der Waals surface area contributed by atoms with Gasteiger partial charge in [-0.15, -0.1) is 0 Å². The van der Waals surface area contributed by atoms with Crippen molar-refractivity contribution in [2.75, 3.05) is 0 Å². The predicted molar refractivity (Wildman–Crippen MR) is 192 cm³/mol. The maximum atomic E-state index is 5.41. The molecule has 0 saturated carbocycles. The standard InChI is InChI=1S/C43H29N3/c1-43(2)36-20-19-30(23-33(36)34-21-26-11-3-5-13-28(26)24-37(34)43)41-32-16-7-9-17-38(32)44-42(45-41)46-39-18-10-8-15-31(39)35-22-27-12-4-6-14-29(27)25-40(35)46/h3-25H,1-2H3. The molecule has 1 aliphatic rings. The molecule has 3 nitrogen and oxygen atoms in total. The molecule has 0 N–H and O–H groups in total. The molecule has 0 radical (unpaired) electrons. The van der Waals surface area contributed by atoms with E-state index in [9.17, 15) is 0 Å². The quantitative estimate of drug-likeness (QED) is 0.201. The van der Waals surface area contributed by atoms with Crippen molar-refractivity contribution in [2.24, 2.45) is 0 Å². The molecule has 10 rings (SSSR count). The Hall–Kier alpha value is -5.80. The topological polar surface area (TPSA) is 30.7 Å². The normalized spacial score (nSPS) is 13.6. The lowest BCUT2D eigenvalue weighted by Gasteiger charge is -2.22. The Bertz CT molecular complexity index is 2730. The molecule has 1 aliphatic carbocycles. The van der Waals surface area contributed by atoms with Crippen molar-refractivity contribution >= 4 is 54.3 Å². The molecule has 2 heterocycles. The fourth-order valence-electron chi connectivity index (χ4n) is 7.84. The third kappa shape index (κ3) is 3.48. The number of nitrogens with zero attached hydrogens (tertiary/aromatic N) is 3. The summed E-state index contributed by atoms with van der Waals surface area (Å²) in [7, 11) is 0. The lowest BCUT2D eigenvalue weighted by molar-refractivity contribution is 0.661. The van der Waals surface area contributed by atoms with Gasteiger partial charge in [-0.1, -0.05) is 111 Å². The van der Waals surface area contributed by atoms with E-state index in [4.69, 9.17) is 9.97 Å². The van der Waals surface area contributed by atoms with Crippen LogP contribution in [0.3, 0.4) is 0 Å². The summed E-state index contributed by atoms with van der Waals surface area (Å²) in [4.78, 5) is 10.6. The fraction of sp³-hybridized carbons (Fsp3) is 0.0698. The van der Waals surface area contributed by atoms with Crippen LogP contribution in [-0.4, -0.2) is 14.5 Å². The number of hydrogen-bond donors (Lipinski definition) is 0. The van der Waals surface area contributed by atoms with Crippen LogP contribution in [0.25, 0.3) is 82.6 Å².